The maximum absolute atomic E-state index is 13.1. The fourth-order valence-electron chi connectivity index (χ4n) is 13.2. The van der Waals surface area contributed by atoms with E-state index in [1.807, 2.05) is 0 Å². The van der Waals surface area contributed by atoms with Crippen molar-refractivity contribution in [2.24, 2.45) is 0 Å². The number of ether oxygens (including phenoxy) is 6. The second kappa shape index (κ2) is 31.3. The molecule has 6 fully saturated rings. The number of nitrogens with zero attached hydrogens (tertiary/aromatic N) is 6. The Morgan fingerprint density at radius 1 is 0.402 bits per heavy atom. The number of piperidine rings is 3. The Bertz CT molecular complexity index is 4700. The maximum Gasteiger partial charge on any atom is 0.255 e. The van der Waals surface area contributed by atoms with E-state index in [-0.39, 0.29) is 149 Å². The number of hydrogen-bond donors (Lipinski definition) is 3. The van der Waals surface area contributed by atoms with Gasteiger partial charge in [0.1, 0.15) is 75.0 Å². The molecular weight excluding hydrogens is 1300 g/mol. The number of nitrogens with one attached hydrogen (secondary N) is 3. The van der Waals surface area contributed by atoms with E-state index in [0.717, 1.165) is 16.7 Å². The van der Waals surface area contributed by atoms with E-state index >= 15 is 0 Å². The summed E-state index contributed by atoms with van der Waals surface area (Å²) in [6.07, 6.45) is 3.44. The summed E-state index contributed by atoms with van der Waals surface area (Å²) in [4.78, 5) is 122. The molecule has 3 N–H and O–H groups in total. The molecular formula is C78H81N9O15. The van der Waals surface area contributed by atoms with Gasteiger partial charge in [-0.3, -0.25) is 43.2 Å². The van der Waals surface area contributed by atoms with Crippen LogP contribution in [0.5, 0.6) is 17.2 Å². The summed E-state index contributed by atoms with van der Waals surface area (Å²) >= 11 is 0. The van der Waals surface area contributed by atoms with Gasteiger partial charge in [-0.2, -0.15) is 0 Å². The van der Waals surface area contributed by atoms with E-state index in [0.29, 0.717) is 150 Å². The maximum atomic E-state index is 13.1. The van der Waals surface area contributed by atoms with E-state index in [4.69, 9.17) is 38.0 Å². The third kappa shape index (κ3) is 15.9. The van der Waals surface area contributed by atoms with Crippen LogP contribution in [0.2, 0.25) is 0 Å². The molecule has 9 aliphatic rings. The number of fused-ring (bicyclic) bond motifs is 3. The number of hydrogen-bond acceptors (Lipinski definition) is 15. The first-order valence-electron chi connectivity index (χ1n) is 37.4. The van der Waals surface area contributed by atoms with Crippen molar-refractivity contribution in [3.05, 3.63) is 231 Å². The zero-order valence-corrected chi connectivity index (χ0v) is 56.1. The first-order valence-corrected chi connectivity index (χ1v) is 33.7. The molecule has 24 heteroatoms. The van der Waals surface area contributed by atoms with Gasteiger partial charge in [0.25, 0.3) is 17.7 Å². The third-order valence-electron chi connectivity index (χ3n) is 18.7. The molecule has 102 heavy (non-hydrogen) atoms. The number of allylic oxidation sites excluding steroid dienone is 3. The average molecular weight is 1390 g/mol. The van der Waals surface area contributed by atoms with E-state index in [1.165, 1.54) is 26.8 Å². The second-order valence-electron chi connectivity index (χ2n) is 25.6. The predicted molar refractivity (Wildman–Crippen MR) is 371 cm³/mol. The zero-order chi connectivity index (χ0) is 77.1. The molecule has 24 nitrogen and oxygen atoms in total. The lowest BCUT2D eigenvalue weighted by Gasteiger charge is -2.31. The Hall–Kier alpha value is -11.0. The normalized spacial score (nSPS) is 22.3. The summed E-state index contributed by atoms with van der Waals surface area (Å²) in [5, 5.41) is 8.20. The van der Waals surface area contributed by atoms with Gasteiger partial charge >= 0.3 is 0 Å². The average Bonchev–Trinajstić information content (AvgIpc) is 1.59. The highest BCUT2D eigenvalue weighted by Crippen LogP contribution is 2.38. The summed E-state index contributed by atoms with van der Waals surface area (Å²) in [6, 6.07) is 27.5. The lowest BCUT2D eigenvalue weighted by atomic mass is 10.0. The molecule has 528 valence electrons. The fourth-order valence-corrected chi connectivity index (χ4v) is 13.2. The minimum atomic E-state index is -1.16. The van der Waals surface area contributed by atoms with Gasteiger partial charge in [-0.15, -0.1) is 0 Å². The van der Waals surface area contributed by atoms with Crippen molar-refractivity contribution in [2.45, 2.75) is 116 Å². The van der Waals surface area contributed by atoms with Crippen LogP contribution in [0.15, 0.2) is 164 Å². The van der Waals surface area contributed by atoms with E-state index < -0.39 is 37.7 Å². The molecule has 0 spiro atoms. The summed E-state index contributed by atoms with van der Waals surface area (Å²) in [5.74, 6) is -0.555. The quantitative estimate of drug-likeness (QED) is 0.0774. The van der Waals surface area contributed by atoms with Crippen LogP contribution in [0.3, 0.4) is 0 Å². The van der Waals surface area contributed by atoms with Gasteiger partial charge < -0.3 is 73.8 Å². The van der Waals surface area contributed by atoms with Gasteiger partial charge in [0.15, 0.2) is 0 Å². The third-order valence-corrected chi connectivity index (χ3v) is 18.7. The molecule has 9 heterocycles. The van der Waals surface area contributed by atoms with Crippen molar-refractivity contribution < 1.29 is 81.2 Å². The molecule has 0 aromatic heterocycles. The van der Waals surface area contributed by atoms with Crippen LogP contribution in [0.4, 0.5) is 0 Å². The minimum absolute atomic E-state index is 0.0186. The number of rotatable bonds is 18. The Morgan fingerprint density at radius 2 is 0.716 bits per heavy atom. The summed E-state index contributed by atoms with van der Waals surface area (Å²) in [7, 11) is 0. The van der Waals surface area contributed by atoms with Gasteiger partial charge in [-0.25, -0.2) is 0 Å². The Balaban J connectivity index is 0.000000144. The Kier molecular flexibility index (Phi) is 18.7. The van der Waals surface area contributed by atoms with Crippen LogP contribution >= 0.6 is 0 Å². The SMILES string of the molecule is [2H]c1cc(C([2H])N2CCOCC2=O)ccc1COc1cccc2c1CN(C1CCC(=C)NC1=O)C2=O.[2H]c1cc(COc2cccc3c2CN(C2CCC(=C)NC2=O)C3=O)cc([2H])c1C([2H])N1CCOCC1=O.[2H]c1cc(COc2cccc3c2CN(C2CCC(=C)NC2=O)C3=O)ccc1C([2H])N1CCOCC1=O. The molecule has 9 aliphatic heterocycles. The van der Waals surface area contributed by atoms with Crippen LogP contribution in [-0.4, -0.2) is 160 Å². The first-order chi connectivity index (χ1) is 52.4. The first kappa shape index (κ1) is 61.0. The highest BCUT2D eigenvalue weighted by atomic mass is 16.5. The van der Waals surface area contributed by atoms with Crippen molar-refractivity contribution >= 4 is 53.2 Å². The summed E-state index contributed by atoms with van der Waals surface area (Å²) < 4.78 is 92.4. The van der Waals surface area contributed by atoms with Gasteiger partial charge in [0.05, 0.1) is 49.1 Å². The molecule has 0 radical (unpaired) electrons. The van der Waals surface area contributed by atoms with Crippen molar-refractivity contribution in [3.63, 3.8) is 0 Å². The lowest BCUT2D eigenvalue weighted by Crippen LogP contribution is -2.49. The van der Waals surface area contributed by atoms with Crippen molar-refractivity contribution in [1.29, 1.82) is 0 Å². The minimum Gasteiger partial charge on any atom is -0.489 e. The molecule has 6 aromatic rings. The molecule has 6 unspecified atom stereocenters. The van der Waals surface area contributed by atoms with Gasteiger partial charge in [0.2, 0.25) is 35.4 Å². The van der Waals surface area contributed by atoms with Crippen molar-refractivity contribution in [2.75, 3.05) is 59.3 Å². The fraction of sp³-hybridized carbons (Fsp3) is 0.346. The Morgan fingerprint density at radius 3 is 1.09 bits per heavy atom. The van der Waals surface area contributed by atoms with E-state index in [1.54, 1.807) is 106 Å². The smallest absolute Gasteiger partial charge is 0.255 e. The van der Waals surface area contributed by atoms with Crippen LogP contribution in [0, 0.1) is 0 Å². The zero-order valence-electron chi connectivity index (χ0n) is 63.1. The van der Waals surface area contributed by atoms with E-state index in [2.05, 4.69) is 35.7 Å². The predicted octanol–water partition coefficient (Wildman–Crippen LogP) is 7.12. The number of morpholine rings is 3. The number of amides is 9. The highest BCUT2D eigenvalue weighted by molar-refractivity contribution is 6.04. The van der Waals surface area contributed by atoms with Crippen molar-refractivity contribution in [1.82, 2.24) is 45.3 Å². The van der Waals surface area contributed by atoms with Gasteiger partial charge in [-0.1, -0.05) is 111 Å². The lowest BCUT2D eigenvalue weighted by molar-refractivity contribution is -0.144. The summed E-state index contributed by atoms with van der Waals surface area (Å²) in [5.41, 5.74) is 8.68. The van der Waals surface area contributed by atoms with Crippen LogP contribution in [0.25, 0.3) is 0 Å². The second-order valence-corrected chi connectivity index (χ2v) is 25.6. The number of carbonyl (C=O) groups excluding carboxylic acids is 9. The van der Waals surface area contributed by atoms with Crippen molar-refractivity contribution in [3.8, 4) is 17.2 Å². The standard InChI is InChI=1S/3C26H27N3O5/c3*1-17-5-10-22(25(31)27-17)29-14-21-20(26(29)32)3-2-4-23(21)34-15-19-8-6-18(7-9-19)13-28-11-12-33-16-24(28)30/h3*2-4,6-9,22H,1,5,10-16H2,(H,27,31)/i6D,7D,13D;8D,13D;6D,13D. The molecule has 6 saturated heterocycles. The van der Waals surface area contributed by atoms with E-state index in [9.17, 15) is 43.2 Å². The molecule has 15 rings (SSSR count). The van der Waals surface area contributed by atoms with Crippen LogP contribution < -0.4 is 30.2 Å². The molecule has 6 aromatic carbocycles. The molecule has 0 bridgehead atoms. The van der Waals surface area contributed by atoms with Gasteiger partial charge in [0, 0.05) is 89.7 Å². The summed E-state index contributed by atoms with van der Waals surface area (Å²) in [6.45, 7) is 11.3. The number of benzene rings is 6. The molecule has 0 saturated carbocycles. The van der Waals surface area contributed by atoms with Crippen LogP contribution in [-0.2, 0) is 102 Å². The molecule has 0 aliphatic carbocycles. The largest absolute Gasteiger partial charge is 0.489 e. The van der Waals surface area contributed by atoms with Gasteiger partial charge in [-0.05, 0) is 108 Å². The topological polar surface area (TPSA) is 265 Å². The molecule has 9 amide bonds. The Labute approximate surface area is 600 Å². The monoisotopic (exact) mass is 1390 g/mol. The number of carbonyl (C=O) groups is 9. The highest BCUT2D eigenvalue weighted by Gasteiger charge is 2.43. The molecule has 6 atom stereocenters. The van der Waals surface area contributed by atoms with Crippen LogP contribution in [0.1, 0.15) is 129 Å².